The van der Waals surface area contributed by atoms with Gasteiger partial charge in [-0.1, -0.05) is 12.1 Å². The molecular formula is C23H25N3O4. The molecule has 1 aliphatic rings. The predicted octanol–water partition coefficient (Wildman–Crippen LogP) is 2.83. The third-order valence-corrected chi connectivity index (χ3v) is 5.17. The number of carbonyl (C=O) groups excluding carboxylic acids is 1. The summed E-state index contributed by atoms with van der Waals surface area (Å²) in [4.78, 5) is 24.4. The number of aromatic nitrogens is 2. The minimum atomic E-state index is -0.122. The Hall–Kier alpha value is -3.35. The van der Waals surface area contributed by atoms with Crippen molar-refractivity contribution < 1.29 is 14.3 Å². The molecule has 0 bridgehead atoms. The molecule has 1 atom stereocenters. The van der Waals surface area contributed by atoms with Crippen molar-refractivity contribution in [2.45, 2.75) is 45.9 Å². The summed E-state index contributed by atoms with van der Waals surface area (Å²) in [5, 5.41) is 7.72. The highest BCUT2D eigenvalue weighted by Gasteiger charge is 2.22. The molecule has 4 rings (SSSR count). The monoisotopic (exact) mass is 407 g/mol. The maximum Gasteiger partial charge on any atom is 0.222 e. The quantitative estimate of drug-likeness (QED) is 0.651. The number of rotatable bonds is 7. The van der Waals surface area contributed by atoms with Crippen molar-refractivity contribution >= 4 is 16.8 Å². The van der Waals surface area contributed by atoms with Gasteiger partial charge in [-0.3, -0.25) is 14.3 Å². The average Bonchev–Trinajstić information content (AvgIpc) is 3.11. The Balaban J connectivity index is 1.42. The Morgan fingerprint density at radius 2 is 2.17 bits per heavy atom. The number of carbonyl (C=O) groups is 1. The first-order valence-corrected chi connectivity index (χ1v) is 10.2. The number of fused-ring (bicyclic) bond motifs is 2. The summed E-state index contributed by atoms with van der Waals surface area (Å²) in [6.07, 6.45) is 2.56. The molecule has 0 saturated carbocycles. The molecule has 0 unspecified atom stereocenters. The van der Waals surface area contributed by atoms with Gasteiger partial charge in [-0.05, 0) is 38.1 Å². The molecule has 1 aromatic heterocycles. The zero-order valence-corrected chi connectivity index (χ0v) is 17.2. The lowest BCUT2D eigenvalue weighted by Gasteiger charge is -2.14. The summed E-state index contributed by atoms with van der Waals surface area (Å²) in [5.41, 5.74) is 2.63. The predicted molar refractivity (Wildman–Crippen MR) is 114 cm³/mol. The van der Waals surface area contributed by atoms with Crippen LogP contribution in [0.4, 0.5) is 0 Å². The first-order valence-electron chi connectivity index (χ1n) is 10.2. The van der Waals surface area contributed by atoms with Gasteiger partial charge in [0.2, 0.25) is 11.3 Å². The molecule has 7 nitrogen and oxygen atoms in total. The van der Waals surface area contributed by atoms with Gasteiger partial charge in [0.25, 0.3) is 0 Å². The Kier molecular flexibility index (Phi) is 5.70. The van der Waals surface area contributed by atoms with Gasteiger partial charge in [0.05, 0.1) is 24.9 Å². The number of nitrogens with zero attached hydrogens (tertiary/aromatic N) is 2. The van der Waals surface area contributed by atoms with E-state index in [0.717, 1.165) is 34.6 Å². The van der Waals surface area contributed by atoms with Gasteiger partial charge < -0.3 is 14.8 Å². The minimum Gasteiger partial charge on any atom is -0.494 e. The van der Waals surface area contributed by atoms with Crippen LogP contribution in [0.25, 0.3) is 10.9 Å². The van der Waals surface area contributed by atoms with Crippen LogP contribution in [0.15, 0.2) is 47.4 Å². The van der Waals surface area contributed by atoms with Gasteiger partial charge in [0.15, 0.2) is 0 Å². The molecule has 1 amide bonds. The Morgan fingerprint density at radius 1 is 1.33 bits per heavy atom. The van der Waals surface area contributed by atoms with Crippen LogP contribution in [-0.2, 0) is 24.3 Å². The minimum absolute atomic E-state index is 0.100. The fourth-order valence-corrected chi connectivity index (χ4v) is 3.74. The van der Waals surface area contributed by atoms with Gasteiger partial charge in [0, 0.05) is 35.9 Å². The summed E-state index contributed by atoms with van der Waals surface area (Å²) in [7, 11) is 0. The number of ether oxygens (including phenoxy) is 2. The highest BCUT2D eigenvalue weighted by Crippen LogP contribution is 2.35. The van der Waals surface area contributed by atoms with Crippen LogP contribution in [0, 0.1) is 0 Å². The second-order valence-electron chi connectivity index (χ2n) is 7.41. The van der Waals surface area contributed by atoms with Crippen molar-refractivity contribution in [1.29, 1.82) is 0 Å². The number of hydrogen-bond acceptors (Lipinski definition) is 5. The number of aryl methyl sites for hydroxylation is 1. The Morgan fingerprint density at radius 3 is 3.00 bits per heavy atom. The summed E-state index contributed by atoms with van der Waals surface area (Å²) in [6, 6.07) is 11.2. The van der Waals surface area contributed by atoms with Crippen molar-refractivity contribution in [2.75, 3.05) is 6.61 Å². The van der Waals surface area contributed by atoms with Gasteiger partial charge in [-0.2, -0.15) is 5.10 Å². The van der Waals surface area contributed by atoms with E-state index in [-0.39, 0.29) is 23.9 Å². The molecule has 0 spiro atoms. The van der Waals surface area contributed by atoms with Crippen molar-refractivity contribution in [1.82, 2.24) is 15.1 Å². The summed E-state index contributed by atoms with van der Waals surface area (Å²) in [5.74, 6) is 1.54. The van der Waals surface area contributed by atoms with Crippen LogP contribution >= 0.6 is 0 Å². The van der Waals surface area contributed by atoms with E-state index in [4.69, 9.17) is 9.47 Å². The maximum atomic E-state index is 12.5. The van der Waals surface area contributed by atoms with E-state index < -0.39 is 0 Å². The van der Waals surface area contributed by atoms with Crippen LogP contribution in [-0.4, -0.2) is 28.4 Å². The van der Waals surface area contributed by atoms with Crippen LogP contribution in [0.5, 0.6) is 11.5 Å². The third kappa shape index (κ3) is 4.15. The van der Waals surface area contributed by atoms with Gasteiger partial charge in [0.1, 0.15) is 17.6 Å². The standard InChI is InChI=1S/C23H25N3O4/c1-3-29-21-11-16-10-15(2)30-22(16)12-17(21)13-24-23(28)8-9-26-19-7-5-4-6-18(19)20(27)14-25-26/h4-7,11-12,14-15H,3,8-10,13H2,1-2H3,(H,24,28)/t15-/m0/s1. The van der Waals surface area contributed by atoms with E-state index in [2.05, 4.69) is 10.4 Å². The molecule has 2 aromatic carbocycles. The van der Waals surface area contributed by atoms with E-state index in [1.807, 2.05) is 44.2 Å². The summed E-state index contributed by atoms with van der Waals surface area (Å²) < 4.78 is 13.3. The first kappa shape index (κ1) is 19.9. The fraction of sp³-hybridized carbons (Fsp3) is 0.348. The van der Waals surface area contributed by atoms with Crippen molar-refractivity contribution in [3.05, 3.63) is 63.9 Å². The smallest absolute Gasteiger partial charge is 0.222 e. The van der Waals surface area contributed by atoms with Crippen molar-refractivity contribution in [3.63, 3.8) is 0 Å². The molecule has 1 aliphatic heterocycles. The Bertz CT molecular complexity index is 1140. The van der Waals surface area contributed by atoms with E-state index in [9.17, 15) is 9.59 Å². The number of para-hydroxylation sites is 1. The normalized spacial score (nSPS) is 14.9. The zero-order valence-electron chi connectivity index (χ0n) is 17.2. The zero-order chi connectivity index (χ0) is 21.1. The second-order valence-corrected chi connectivity index (χ2v) is 7.41. The number of benzene rings is 2. The molecule has 7 heteroatoms. The summed E-state index contributed by atoms with van der Waals surface area (Å²) in [6.45, 7) is 5.28. The van der Waals surface area contributed by atoms with Crippen molar-refractivity contribution in [3.8, 4) is 11.5 Å². The topological polar surface area (TPSA) is 82.5 Å². The van der Waals surface area contributed by atoms with E-state index in [1.165, 1.54) is 6.20 Å². The summed E-state index contributed by atoms with van der Waals surface area (Å²) >= 11 is 0. The first-order chi connectivity index (χ1) is 14.5. The molecule has 0 radical (unpaired) electrons. The van der Waals surface area contributed by atoms with Crippen LogP contribution in [0.2, 0.25) is 0 Å². The van der Waals surface area contributed by atoms with Crippen LogP contribution in [0.3, 0.4) is 0 Å². The lowest BCUT2D eigenvalue weighted by molar-refractivity contribution is -0.121. The molecule has 2 heterocycles. The number of hydrogen-bond donors (Lipinski definition) is 1. The largest absolute Gasteiger partial charge is 0.494 e. The highest BCUT2D eigenvalue weighted by atomic mass is 16.5. The highest BCUT2D eigenvalue weighted by molar-refractivity contribution is 5.79. The molecule has 0 saturated heterocycles. The third-order valence-electron chi connectivity index (χ3n) is 5.17. The molecule has 30 heavy (non-hydrogen) atoms. The maximum absolute atomic E-state index is 12.5. The molecule has 0 fully saturated rings. The van der Waals surface area contributed by atoms with Crippen LogP contribution in [0.1, 0.15) is 31.4 Å². The number of amides is 1. The van der Waals surface area contributed by atoms with E-state index in [0.29, 0.717) is 25.1 Å². The van der Waals surface area contributed by atoms with Gasteiger partial charge in [-0.15, -0.1) is 0 Å². The Labute approximate surface area is 174 Å². The molecule has 3 aromatic rings. The van der Waals surface area contributed by atoms with E-state index >= 15 is 0 Å². The molecule has 156 valence electrons. The molecule has 1 N–H and O–H groups in total. The van der Waals surface area contributed by atoms with Gasteiger partial charge >= 0.3 is 0 Å². The SMILES string of the molecule is CCOc1cc2c(cc1CNC(=O)CCn1ncc(=O)c3ccccc31)O[C@@H](C)C2. The van der Waals surface area contributed by atoms with Crippen molar-refractivity contribution in [2.24, 2.45) is 0 Å². The van der Waals surface area contributed by atoms with Gasteiger partial charge in [-0.25, -0.2) is 0 Å². The average molecular weight is 407 g/mol. The second kappa shape index (κ2) is 8.57. The number of nitrogens with one attached hydrogen (secondary N) is 1. The molecule has 0 aliphatic carbocycles. The molecular weight excluding hydrogens is 382 g/mol. The lowest BCUT2D eigenvalue weighted by Crippen LogP contribution is -2.25. The fourth-order valence-electron chi connectivity index (χ4n) is 3.74. The lowest BCUT2D eigenvalue weighted by atomic mass is 10.1. The van der Waals surface area contributed by atoms with Crippen LogP contribution < -0.4 is 20.2 Å². The van der Waals surface area contributed by atoms with E-state index in [1.54, 1.807) is 10.7 Å².